The molecule has 0 aliphatic carbocycles. The van der Waals surface area contributed by atoms with E-state index >= 15 is 0 Å². The molecule has 0 saturated heterocycles. The summed E-state index contributed by atoms with van der Waals surface area (Å²) in [6, 6.07) is 16.1. The number of rotatable bonds is 6. The Kier molecular flexibility index (Phi) is 5.55. The van der Waals surface area contributed by atoms with Gasteiger partial charge in [-0.3, -0.25) is 0 Å². The summed E-state index contributed by atoms with van der Waals surface area (Å²) in [6.07, 6.45) is 0. The minimum absolute atomic E-state index is 0.105. The number of ether oxygens (including phenoxy) is 2. The molecule has 0 amide bonds. The fourth-order valence-electron chi connectivity index (χ4n) is 2.14. The second kappa shape index (κ2) is 7.27. The predicted molar refractivity (Wildman–Crippen MR) is 98.6 cm³/mol. The van der Waals surface area contributed by atoms with Crippen LogP contribution in [0.3, 0.4) is 0 Å². The molecule has 0 aromatic heterocycles. The number of aliphatic hydroxyl groups is 1. The van der Waals surface area contributed by atoms with Gasteiger partial charge in [-0.1, -0.05) is 38.1 Å². The lowest BCUT2D eigenvalue weighted by atomic mass is 9.96. The summed E-state index contributed by atoms with van der Waals surface area (Å²) >= 11 is 0. The molecule has 0 aliphatic heterocycles. The van der Waals surface area contributed by atoms with E-state index in [1.165, 1.54) is 0 Å². The van der Waals surface area contributed by atoms with Crippen molar-refractivity contribution in [1.29, 1.82) is 0 Å². The van der Waals surface area contributed by atoms with Gasteiger partial charge in [-0.2, -0.15) is 0 Å². The van der Waals surface area contributed by atoms with Gasteiger partial charge in [0.15, 0.2) is 0 Å². The highest BCUT2D eigenvalue weighted by molar-refractivity contribution is 5.64. The lowest BCUT2D eigenvalue weighted by Gasteiger charge is -2.22. The lowest BCUT2D eigenvalue weighted by Crippen LogP contribution is -2.25. The summed E-state index contributed by atoms with van der Waals surface area (Å²) in [7, 11) is 0. The van der Waals surface area contributed by atoms with Crippen molar-refractivity contribution in [3.8, 4) is 22.6 Å². The van der Waals surface area contributed by atoms with Gasteiger partial charge in [0.1, 0.15) is 17.1 Å². The minimum Gasteiger partial charge on any atom is -0.493 e. The Morgan fingerprint density at radius 1 is 0.750 bits per heavy atom. The van der Waals surface area contributed by atoms with Crippen molar-refractivity contribution in [2.24, 2.45) is 5.41 Å². The highest BCUT2D eigenvalue weighted by Crippen LogP contribution is 2.26. The maximum absolute atomic E-state index is 9.27. The predicted octanol–water partition coefficient (Wildman–Crippen LogP) is 4.93. The number of aliphatic hydroxyl groups excluding tert-OH is 1. The molecular weight excluding hydrogens is 300 g/mol. The molecule has 0 heterocycles. The Bertz CT molecular complexity index is 634. The molecule has 1 N–H and O–H groups in total. The van der Waals surface area contributed by atoms with Crippen LogP contribution in [0.4, 0.5) is 0 Å². The first-order valence-electron chi connectivity index (χ1n) is 8.32. The first kappa shape index (κ1) is 18.3. The van der Waals surface area contributed by atoms with Crippen molar-refractivity contribution in [3.63, 3.8) is 0 Å². The topological polar surface area (TPSA) is 38.7 Å². The smallest absolute Gasteiger partial charge is 0.120 e. The van der Waals surface area contributed by atoms with Gasteiger partial charge in [-0.15, -0.1) is 0 Å². The summed E-state index contributed by atoms with van der Waals surface area (Å²) in [5.74, 6) is 1.69. The van der Waals surface area contributed by atoms with Crippen LogP contribution >= 0.6 is 0 Å². The van der Waals surface area contributed by atoms with Crippen molar-refractivity contribution in [3.05, 3.63) is 48.5 Å². The van der Waals surface area contributed by atoms with E-state index in [2.05, 4.69) is 12.1 Å². The van der Waals surface area contributed by atoms with Gasteiger partial charge in [0, 0.05) is 5.41 Å². The van der Waals surface area contributed by atoms with Gasteiger partial charge in [0.05, 0.1) is 13.2 Å². The lowest BCUT2D eigenvalue weighted by molar-refractivity contribution is 0.0976. The number of hydrogen-bond donors (Lipinski definition) is 1. The number of benzene rings is 2. The Hall–Kier alpha value is -2.00. The average Bonchev–Trinajstić information content (AvgIpc) is 2.53. The minimum atomic E-state index is -0.235. The zero-order valence-corrected chi connectivity index (χ0v) is 15.3. The van der Waals surface area contributed by atoms with Crippen LogP contribution in [0.5, 0.6) is 11.5 Å². The van der Waals surface area contributed by atoms with Gasteiger partial charge in [-0.25, -0.2) is 0 Å². The molecule has 0 atom stereocenters. The fourth-order valence-corrected chi connectivity index (χ4v) is 2.14. The molecule has 130 valence electrons. The summed E-state index contributed by atoms with van der Waals surface area (Å²) in [5, 5.41) is 9.27. The molecular formula is C21H28O3. The zero-order valence-electron chi connectivity index (χ0n) is 15.3. The second-order valence-corrected chi connectivity index (χ2v) is 7.87. The van der Waals surface area contributed by atoms with E-state index in [1.54, 1.807) is 0 Å². The van der Waals surface area contributed by atoms with E-state index in [0.29, 0.717) is 6.61 Å². The Labute approximate surface area is 145 Å². The normalized spacial score (nSPS) is 12.1. The Morgan fingerprint density at radius 3 is 1.62 bits per heavy atom. The van der Waals surface area contributed by atoms with Gasteiger partial charge >= 0.3 is 0 Å². The molecule has 2 rings (SSSR count). The van der Waals surface area contributed by atoms with E-state index < -0.39 is 0 Å². The first-order chi connectivity index (χ1) is 11.2. The standard InChI is InChI=1S/C21H28O3/c1-20(2,3)24-19-12-8-17(9-13-19)16-6-10-18(11-7-16)23-15-21(4,5)14-22/h6-13,22H,14-15H2,1-5H3. The molecule has 24 heavy (non-hydrogen) atoms. The van der Waals surface area contributed by atoms with Crippen LogP contribution in [-0.4, -0.2) is 23.9 Å². The van der Waals surface area contributed by atoms with Crippen molar-refractivity contribution >= 4 is 0 Å². The second-order valence-electron chi connectivity index (χ2n) is 7.87. The summed E-state index contributed by atoms with van der Waals surface area (Å²) in [6.45, 7) is 10.7. The van der Waals surface area contributed by atoms with Crippen LogP contribution < -0.4 is 9.47 Å². The van der Waals surface area contributed by atoms with Crippen molar-refractivity contribution in [1.82, 2.24) is 0 Å². The van der Waals surface area contributed by atoms with Crippen LogP contribution in [0.25, 0.3) is 11.1 Å². The maximum Gasteiger partial charge on any atom is 0.120 e. The van der Waals surface area contributed by atoms with Crippen LogP contribution in [0.2, 0.25) is 0 Å². The molecule has 0 aliphatic rings. The molecule has 3 heteroatoms. The summed E-state index contributed by atoms with van der Waals surface area (Å²) < 4.78 is 11.6. The molecule has 0 spiro atoms. The van der Waals surface area contributed by atoms with Gasteiger partial charge < -0.3 is 14.6 Å². The summed E-state index contributed by atoms with van der Waals surface area (Å²) in [5.41, 5.74) is 1.84. The Balaban J connectivity index is 2.02. The molecule has 3 nitrogen and oxygen atoms in total. The van der Waals surface area contributed by atoms with Crippen molar-refractivity contribution in [2.45, 2.75) is 40.2 Å². The quantitative estimate of drug-likeness (QED) is 0.817. The van der Waals surface area contributed by atoms with E-state index in [4.69, 9.17) is 9.47 Å². The largest absolute Gasteiger partial charge is 0.493 e. The molecule has 2 aromatic rings. The maximum atomic E-state index is 9.27. The monoisotopic (exact) mass is 328 g/mol. The average molecular weight is 328 g/mol. The fraction of sp³-hybridized carbons (Fsp3) is 0.429. The number of hydrogen-bond acceptors (Lipinski definition) is 3. The van der Waals surface area contributed by atoms with Crippen LogP contribution in [0, 0.1) is 5.41 Å². The zero-order chi connectivity index (χ0) is 17.8. The molecule has 2 aromatic carbocycles. The Morgan fingerprint density at radius 2 is 1.21 bits per heavy atom. The molecule has 0 saturated carbocycles. The first-order valence-corrected chi connectivity index (χ1v) is 8.32. The van der Waals surface area contributed by atoms with Crippen LogP contribution in [0.1, 0.15) is 34.6 Å². The van der Waals surface area contributed by atoms with Gasteiger partial charge in [0.2, 0.25) is 0 Å². The van der Waals surface area contributed by atoms with E-state index in [0.717, 1.165) is 22.6 Å². The SMILES string of the molecule is CC(C)(CO)COc1ccc(-c2ccc(OC(C)(C)C)cc2)cc1. The van der Waals surface area contributed by atoms with Crippen molar-refractivity contribution in [2.75, 3.05) is 13.2 Å². The third-order valence-electron chi connectivity index (χ3n) is 3.52. The third kappa shape index (κ3) is 5.57. The van der Waals surface area contributed by atoms with Gasteiger partial charge in [-0.05, 0) is 56.2 Å². The van der Waals surface area contributed by atoms with Gasteiger partial charge in [0.25, 0.3) is 0 Å². The van der Waals surface area contributed by atoms with E-state index in [1.807, 2.05) is 71.0 Å². The molecule has 0 unspecified atom stereocenters. The van der Waals surface area contributed by atoms with Crippen molar-refractivity contribution < 1.29 is 14.6 Å². The van der Waals surface area contributed by atoms with Crippen LogP contribution in [-0.2, 0) is 0 Å². The highest BCUT2D eigenvalue weighted by Gasteiger charge is 2.17. The highest BCUT2D eigenvalue weighted by atomic mass is 16.5. The summed E-state index contributed by atoms with van der Waals surface area (Å²) in [4.78, 5) is 0. The molecule has 0 fully saturated rings. The molecule has 0 bridgehead atoms. The molecule has 0 radical (unpaired) electrons. The van der Waals surface area contributed by atoms with Crippen LogP contribution in [0.15, 0.2) is 48.5 Å². The van der Waals surface area contributed by atoms with E-state index in [-0.39, 0.29) is 17.6 Å². The third-order valence-corrected chi connectivity index (χ3v) is 3.52. The van der Waals surface area contributed by atoms with E-state index in [9.17, 15) is 5.11 Å².